The van der Waals surface area contributed by atoms with Gasteiger partial charge in [0.15, 0.2) is 0 Å². The highest BCUT2D eigenvalue weighted by Gasteiger charge is 2.39. The van der Waals surface area contributed by atoms with Gasteiger partial charge in [-0.2, -0.15) is 5.26 Å². The summed E-state index contributed by atoms with van der Waals surface area (Å²) in [5, 5.41) is 11.9. The number of nitrogens with one attached hydrogen (secondary N) is 1. The van der Waals surface area contributed by atoms with Crippen LogP contribution in [-0.4, -0.2) is 46.5 Å². The largest absolute Gasteiger partial charge is 0.348 e. The third-order valence-corrected chi connectivity index (χ3v) is 5.92. The SMILES string of the molecule is N#Cc1ccsc1N1CC[C@@H](N2CCC[C@@H](c3ncc[nH]3)C2)C1=O. The molecule has 2 saturated heterocycles. The highest BCUT2D eigenvalue weighted by molar-refractivity contribution is 7.14. The molecular formula is C17H19N5OS. The number of piperidine rings is 1. The molecule has 0 spiro atoms. The maximum atomic E-state index is 12.9. The summed E-state index contributed by atoms with van der Waals surface area (Å²) >= 11 is 1.47. The number of amides is 1. The zero-order valence-electron chi connectivity index (χ0n) is 13.3. The molecule has 7 heteroatoms. The van der Waals surface area contributed by atoms with Crippen molar-refractivity contribution in [2.24, 2.45) is 0 Å². The molecule has 6 nitrogen and oxygen atoms in total. The zero-order chi connectivity index (χ0) is 16.5. The number of aromatic amines is 1. The molecule has 4 heterocycles. The lowest BCUT2D eigenvalue weighted by Gasteiger charge is -2.35. The Morgan fingerprint density at radius 3 is 3.08 bits per heavy atom. The standard InChI is InChI=1S/C17H19N5OS/c18-10-12-4-9-24-17(12)22-8-3-14(16(22)23)21-7-1-2-13(11-21)15-19-5-6-20-15/h4-6,9,13-14H,1-3,7-8,11H2,(H,19,20)/t13-,14-/m1/s1. The summed E-state index contributed by atoms with van der Waals surface area (Å²) in [6.07, 6.45) is 6.66. The van der Waals surface area contributed by atoms with Gasteiger partial charge in [0.1, 0.15) is 16.9 Å². The molecule has 0 aliphatic carbocycles. The van der Waals surface area contributed by atoms with Crippen LogP contribution in [0, 0.1) is 11.3 Å². The van der Waals surface area contributed by atoms with Crippen LogP contribution in [0.15, 0.2) is 23.8 Å². The maximum Gasteiger partial charge on any atom is 0.245 e. The molecule has 2 aliphatic rings. The number of thiophene rings is 1. The molecule has 0 unspecified atom stereocenters. The van der Waals surface area contributed by atoms with Crippen LogP contribution in [0.4, 0.5) is 5.00 Å². The smallest absolute Gasteiger partial charge is 0.245 e. The molecule has 4 rings (SSSR count). The Balaban J connectivity index is 1.49. The first-order valence-electron chi connectivity index (χ1n) is 8.30. The molecular weight excluding hydrogens is 322 g/mol. The fraction of sp³-hybridized carbons (Fsp3) is 0.471. The minimum absolute atomic E-state index is 0.0728. The van der Waals surface area contributed by atoms with Gasteiger partial charge in [0.25, 0.3) is 0 Å². The summed E-state index contributed by atoms with van der Waals surface area (Å²) in [6, 6.07) is 3.90. The molecule has 0 aromatic carbocycles. The third-order valence-electron chi connectivity index (χ3n) is 4.99. The van der Waals surface area contributed by atoms with E-state index in [0.29, 0.717) is 18.0 Å². The Hall–Kier alpha value is -2.17. The van der Waals surface area contributed by atoms with E-state index in [4.69, 9.17) is 0 Å². The number of imidazole rings is 1. The van der Waals surface area contributed by atoms with Gasteiger partial charge in [-0.25, -0.2) is 4.98 Å². The Labute approximate surface area is 144 Å². The van der Waals surface area contributed by atoms with Crippen LogP contribution in [0.5, 0.6) is 0 Å². The lowest BCUT2D eigenvalue weighted by atomic mass is 9.95. The van der Waals surface area contributed by atoms with Crippen molar-refractivity contribution < 1.29 is 4.79 Å². The molecule has 2 aliphatic heterocycles. The molecule has 2 aromatic heterocycles. The van der Waals surface area contributed by atoms with Crippen LogP contribution >= 0.6 is 11.3 Å². The average molecular weight is 341 g/mol. The van der Waals surface area contributed by atoms with Crippen LogP contribution in [0.1, 0.15) is 36.6 Å². The topological polar surface area (TPSA) is 76.0 Å². The molecule has 0 bridgehead atoms. The molecule has 2 fully saturated rings. The summed E-state index contributed by atoms with van der Waals surface area (Å²) in [7, 11) is 0. The van der Waals surface area contributed by atoms with Gasteiger partial charge in [-0.3, -0.25) is 9.69 Å². The van der Waals surface area contributed by atoms with Gasteiger partial charge in [0, 0.05) is 31.4 Å². The van der Waals surface area contributed by atoms with E-state index in [0.717, 1.165) is 43.2 Å². The van der Waals surface area contributed by atoms with Gasteiger partial charge in [-0.05, 0) is 37.3 Å². The van der Waals surface area contributed by atoms with Crippen LogP contribution in [0.3, 0.4) is 0 Å². The monoisotopic (exact) mass is 341 g/mol. The molecule has 0 saturated carbocycles. The highest BCUT2D eigenvalue weighted by atomic mass is 32.1. The number of rotatable bonds is 3. The van der Waals surface area contributed by atoms with Crippen LogP contribution in [-0.2, 0) is 4.79 Å². The second-order valence-electron chi connectivity index (χ2n) is 6.35. The second-order valence-corrected chi connectivity index (χ2v) is 7.25. The fourth-order valence-electron chi connectivity index (χ4n) is 3.81. The maximum absolute atomic E-state index is 12.9. The van der Waals surface area contributed by atoms with Crippen molar-refractivity contribution in [2.45, 2.75) is 31.2 Å². The van der Waals surface area contributed by atoms with Crippen LogP contribution in [0.25, 0.3) is 0 Å². The average Bonchev–Trinajstić information content (AvgIpc) is 3.35. The minimum Gasteiger partial charge on any atom is -0.348 e. The lowest BCUT2D eigenvalue weighted by Crippen LogP contribution is -2.46. The summed E-state index contributed by atoms with van der Waals surface area (Å²) < 4.78 is 0. The van der Waals surface area contributed by atoms with E-state index in [9.17, 15) is 10.1 Å². The first kappa shape index (κ1) is 15.4. The number of carbonyl (C=O) groups is 1. The van der Waals surface area contributed by atoms with Gasteiger partial charge in [-0.15, -0.1) is 11.3 Å². The number of anilines is 1. The number of carbonyl (C=O) groups excluding carboxylic acids is 1. The van der Waals surface area contributed by atoms with E-state index in [-0.39, 0.29) is 11.9 Å². The molecule has 1 N–H and O–H groups in total. The van der Waals surface area contributed by atoms with Gasteiger partial charge in [-0.1, -0.05) is 0 Å². The van der Waals surface area contributed by atoms with E-state index in [1.54, 1.807) is 17.2 Å². The minimum atomic E-state index is -0.0728. The van der Waals surface area contributed by atoms with Crippen molar-refractivity contribution in [1.82, 2.24) is 14.9 Å². The van der Waals surface area contributed by atoms with Crippen LogP contribution in [0.2, 0.25) is 0 Å². The summed E-state index contributed by atoms with van der Waals surface area (Å²) in [5.74, 6) is 1.52. The third kappa shape index (κ3) is 2.62. The first-order valence-corrected chi connectivity index (χ1v) is 9.18. The van der Waals surface area contributed by atoms with Gasteiger partial charge in [0.05, 0.1) is 11.6 Å². The summed E-state index contributed by atoms with van der Waals surface area (Å²) in [5.41, 5.74) is 0.598. The Morgan fingerprint density at radius 1 is 1.38 bits per heavy atom. The Bertz CT molecular complexity index is 762. The number of hydrogen-bond acceptors (Lipinski definition) is 5. The number of aromatic nitrogens is 2. The fourth-order valence-corrected chi connectivity index (χ4v) is 4.70. The molecule has 0 radical (unpaired) electrons. The second kappa shape index (κ2) is 6.38. The van der Waals surface area contributed by atoms with Crippen molar-refractivity contribution in [3.8, 4) is 6.07 Å². The number of likely N-dealkylation sites (tertiary alicyclic amines) is 1. The van der Waals surface area contributed by atoms with E-state index in [1.165, 1.54) is 11.3 Å². The Morgan fingerprint density at radius 2 is 2.29 bits per heavy atom. The number of H-pyrrole nitrogens is 1. The van der Waals surface area contributed by atoms with E-state index >= 15 is 0 Å². The van der Waals surface area contributed by atoms with E-state index < -0.39 is 0 Å². The van der Waals surface area contributed by atoms with Crippen molar-refractivity contribution >= 4 is 22.2 Å². The molecule has 124 valence electrons. The van der Waals surface area contributed by atoms with Gasteiger partial charge >= 0.3 is 0 Å². The summed E-state index contributed by atoms with van der Waals surface area (Å²) in [6.45, 7) is 2.52. The number of nitrogens with zero attached hydrogens (tertiary/aromatic N) is 4. The van der Waals surface area contributed by atoms with Crippen molar-refractivity contribution in [3.05, 3.63) is 35.2 Å². The molecule has 24 heavy (non-hydrogen) atoms. The predicted molar refractivity (Wildman–Crippen MR) is 91.9 cm³/mol. The predicted octanol–water partition coefficient (Wildman–Crippen LogP) is 2.33. The first-order chi connectivity index (χ1) is 11.8. The zero-order valence-corrected chi connectivity index (χ0v) is 14.1. The number of nitriles is 1. The van der Waals surface area contributed by atoms with Gasteiger partial charge in [0.2, 0.25) is 5.91 Å². The van der Waals surface area contributed by atoms with Crippen molar-refractivity contribution in [3.63, 3.8) is 0 Å². The lowest BCUT2D eigenvalue weighted by molar-refractivity contribution is -0.122. The van der Waals surface area contributed by atoms with E-state index in [2.05, 4.69) is 20.9 Å². The molecule has 2 aromatic rings. The molecule has 1 amide bonds. The molecule has 2 atom stereocenters. The normalized spacial score (nSPS) is 25.1. The quantitative estimate of drug-likeness (QED) is 0.929. The van der Waals surface area contributed by atoms with E-state index in [1.807, 2.05) is 11.6 Å². The number of hydrogen-bond donors (Lipinski definition) is 1. The van der Waals surface area contributed by atoms with Crippen molar-refractivity contribution in [2.75, 3.05) is 24.5 Å². The highest BCUT2D eigenvalue weighted by Crippen LogP contribution is 2.34. The van der Waals surface area contributed by atoms with Gasteiger partial charge < -0.3 is 9.88 Å². The van der Waals surface area contributed by atoms with Crippen LogP contribution < -0.4 is 4.90 Å². The van der Waals surface area contributed by atoms with Crippen molar-refractivity contribution in [1.29, 1.82) is 5.26 Å². The Kier molecular flexibility index (Phi) is 4.08. The summed E-state index contributed by atoms with van der Waals surface area (Å²) in [4.78, 5) is 24.6.